The average Bonchev–Trinajstić information content (AvgIpc) is 2.48. The van der Waals surface area contributed by atoms with Gasteiger partial charge in [0.25, 0.3) is 0 Å². The Kier molecular flexibility index (Phi) is 10.5. The molecule has 0 aromatic carbocycles. The zero-order valence-electron chi connectivity index (χ0n) is 17.6. The van der Waals surface area contributed by atoms with Crippen LogP contribution in [0.2, 0.25) is 0 Å². The fourth-order valence-electron chi connectivity index (χ4n) is 3.04. The minimum Gasteiger partial charge on any atom is -0.378 e. The lowest BCUT2D eigenvalue weighted by Gasteiger charge is -2.36. The Balaban J connectivity index is 1.88. The SMILES string of the molecule is CC(C)(C)CNCCOCCOCCN1CCC(NC(C)(C)C)CC1. The lowest BCUT2D eigenvalue weighted by atomic mass is 9.97. The minimum absolute atomic E-state index is 0.220. The lowest BCUT2D eigenvalue weighted by molar-refractivity contribution is 0.0357. The number of piperidine rings is 1. The molecule has 0 aromatic rings. The fraction of sp³-hybridized carbons (Fsp3) is 1.00. The minimum atomic E-state index is 0.220. The second-order valence-electron chi connectivity index (χ2n) is 9.47. The molecule has 1 aliphatic heterocycles. The predicted octanol–water partition coefficient (Wildman–Crippen LogP) is 2.51. The van der Waals surface area contributed by atoms with Gasteiger partial charge in [-0.3, -0.25) is 0 Å². The van der Waals surface area contributed by atoms with E-state index in [1.807, 2.05) is 0 Å². The van der Waals surface area contributed by atoms with Crippen LogP contribution in [0.25, 0.3) is 0 Å². The first-order chi connectivity index (χ1) is 11.7. The molecule has 0 aliphatic carbocycles. The smallest absolute Gasteiger partial charge is 0.0701 e. The molecule has 0 radical (unpaired) electrons. The summed E-state index contributed by atoms with van der Waals surface area (Å²) >= 11 is 0. The normalized spacial score (nSPS) is 18.0. The van der Waals surface area contributed by atoms with Crippen LogP contribution < -0.4 is 10.6 Å². The van der Waals surface area contributed by atoms with E-state index in [1.165, 1.54) is 25.9 Å². The largest absolute Gasteiger partial charge is 0.378 e. The Morgan fingerprint density at radius 3 is 2.04 bits per heavy atom. The van der Waals surface area contributed by atoms with Gasteiger partial charge >= 0.3 is 0 Å². The van der Waals surface area contributed by atoms with Gasteiger partial charge in [-0.1, -0.05) is 20.8 Å². The fourth-order valence-corrected chi connectivity index (χ4v) is 3.04. The van der Waals surface area contributed by atoms with Crippen LogP contribution in [0.4, 0.5) is 0 Å². The van der Waals surface area contributed by atoms with E-state index in [4.69, 9.17) is 9.47 Å². The Morgan fingerprint density at radius 2 is 1.48 bits per heavy atom. The van der Waals surface area contributed by atoms with Crippen LogP contribution >= 0.6 is 0 Å². The van der Waals surface area contributed by atoms with E-state index in [1.54, 1.807) is 0 Å². The lowest BCUT2D eigenvalue weighted by Crippen LogP contribution is -2.49. The Bertz CT molecular complexity index is 329. The maximum Gasteiger partial charge on any atom is 0.0701 e. The summed E-state index contributed by atoms with van der Waals surface area (Å²) < 4.78 is 11.3. The highest BCUT2D eigenvalue weighted by Gasteiger charge is 2.22. The van der Waals surface area contributed by atoms with Gasteiger partial charge in [0.05, 0.1) is 26.4 Å². The van der Waals surface area contributed by atoms with E-state index in [9.17, 15) is 0 Å². The van der Waals surface area contributed by atoms with Gasteiger partial charge in [0.15, 0.2) is 0 Å². The summed E-state index contributed by atoms with van der Waals surface area (Å²) in [7, 11) is 0. The first-order valence-electron chi connectivity index (χ1n) is 10.0. The van der Waals surface area contributed by atoms with E-state index >= 15 is 0 Å². The summed E-state index contributed by atoms with van der Waals surface area (Å²) in [5.41, 5.74) is 0.554. The molecule has 1 rings (SSSR count). The van der Waals surface area contributed by atoms with E-state index in [-0.39, 0.29) is 5.54 Å². The number of hydrogen-bond donors (Lipinski definition) is 2. The molecule has 150 valence electrons. The number of hydrogen-bond acceptors (Lipinski definition) is 5. The maximum absolute atomic E-state index is 5.70. The van der Waals surface area contributed by atoms with Crippen molar-refractivity contribution in [1.82, 2.24) is 15.5 Å². The molecule has 1 heterocycles. The van der Waals surface area contributed by atoms with Gasteiger partial charge in [-0.15, -0.1) is 0 Å². The van der Waals surface area contributed by atoms with Crippen LogP contribution in [0.5, 0.6) is 0 Å². The second-order valence-corrected chi connectivity index (χ2v) is 9.47. The predicted molar refractivity (Wildman–Crippen MR) is 106 cm³/mol. The van der Waals surface area contributed by atoms with E-state index in [2.05, 4.69) is 57.1 Å². The molecule has 0 saturated carbocycles. The van der Waals surface area contributed by atoms with Gasteiger partial charge in [-0.25, -0.2) is 0 Å². The topological polar surface area (TPSA) is 45.8 Å². The van der Waals surface area contributed by atoms with Crippen LogP contribution in [0.1, 0.15) is 54.4 Å². The van der Waals surface area contributed by atoms with Crippen LogP contribution in [0.3, 0.4) is 0 Å². The molecular formula is C20H43N3O2. The van der Waals surface area contributed by atoms with Crippen molar-refractivity contribution in [2.75, 3.05) is 59.2 Å². The summed E-state index contributed by atoms with van der Waals surface area (Å²) in [6.45, 7) is 21.7. The highest BCUT2D eigenvalue weighted by molar-refractivity contribution is 4.82. The summed E-state index contributed by atoms with van der Waals surface area (Å²) in [6.07, 6.45) is 2.48. The maximum atomic E-state index is 5.70. The molecule has 2 N–H and O–H groups in total. The van der Waals surface area contributed by atoms with Gasteiger partial charge in [0.1, 0.15) is 0 Å². The van der Waals surface area contributed by atoms with Crippen LogP contribution in [0.15, 0.2) is 0 Å². The molecule has 0 aromatic heterocycles. The van der Waals surface area contributed by atoms with Crippen LogP contribution in [0, 0.1) is 5.41 Å². The summed E-state index contributed by atoms with van der Waals surface area (Å²) in [5, 5.41) is 7.12. The van der Waals surface area contributed by atoms with Crippen molar-refractivity contribution in [3.05, 3.63) is 0 Å². The monoisotopic (exact) mass is 357 g/mol. The van der Waals surface area contributed by atoms with E-state index in [0.29, 0.717) is 24.7 Å². The van der Waals surface area contributed by atoms with E-state index < -0.39 is 0 Å². The van der Waals surface area contributed by atoms with Crippen molar-refractivity contribution < 1.29 is 9.47 Å². The van der Waals surface area contributed by atoms with Crippen molar-refractivity contribution in [2.45, 2.75) is 66.0 Å². The molecular weight excluding hydrogens is 314 g/mol. The first kappa shape index (κ1) is 22.8. The highest BCUT2D eigenvalue weighted by Crippen LogP contribution is 2.13. The quantitative estimate of drug-likeness (QED) is 0.556. The molecule has 1 saturated heterocycles. The number of nitrogens with one attached hydrogen (secondary N) is 2. The number of nitrogens with zero attached hydrogens (tertiary/aromatic N) is 1. The standard InChI is InChI=1S/C20H43N3O2/c1-19(2,3)17-21-9-13-24-15-16-25-14-12-23-10-7-18(8-11-23)22-20(4,5)6/h18,21-22H,7-17H2,1-6H3. The molecule has 0 bridgehead atoms. The third-order valence-electron chi connectivity index (χ3n) is 4.23. The molecule has 1 aliphatic rings. The summed E-state index contributed by atoms with van der Waals surface area (Å²) in [5.74, 6) is 0. The zero-order valence-corrected chi connectivity index (χ0v) is 17.6. The number of ether oxygens (including phenoxy) is 2. The second kappa shape index (κ2) is 11.5. The first-order valence-corrected chi connectivity index (χ1v) is 10.0. The Labute approximate surface area is 156 Å². The van der Waals surface area contributed by atoms with Crippen LogP contribution in [-0.4, -0.2) is 75.6 Å². The van der Waals surface area contributed by atoms with Crippen LogP contribution in [-0.2, 0) is 9.47 Å². The molecule has 0 unspecified atom stereocenters. The molecule has 1 fully saturated rings. The molecule has 25 heavy (non-hydrogen) atoms. The van der Waals surface area contributed by atoms with Gasteiger partial charge in [-0.05, 0) is 52.1 Å². The van der Waals surface area contributed by atoms with Gasteiger partial charge in [-0.2, -0.15) is 0 Å². The van der Waals surface area contributed by atoms with Crippen molar-refractivity contribution in [2.24, 2.45) is 5.41 Å². The van der Waals surface area contributed by atoms with Crippen molar-refractivity contribution >= 4 is 0 Å². The highest BCUT2D eigenvalue weighted by atomic mass is 16.5. The number of rotatable bonds is 11. The molecule has 0 amide bonds. The number of likely N-dealkylation sites (tertiary alicyclic amines) is 1. The third kappa shape index (κ3) is 13.6. The molecule has 0 atom stereocenters. The van der Waals surface area contributed by atoms with Crippen molar-refractivity contribution in [3.63, 3.8) is 0 Å². The Morgan fingerprint density at radius 1 is 0.880 bits per heavy atom. The van der Waals surface area contributed by atoms with Gasteiger partial charge in [0.2, 0.25) is 0 Å². The molecule has 0 spiro atoms. The van der Waals surface area contributed by atoms with E-state index in [0.717, 1.165) is 32.8 Å². The molecule has 5 heteroatoms. The Hall–Kier alpha value is -0.200. The third-order valence-corrected chi connectivity index (χ3v) is 4.23. The van der Waals surface area contributed by atoms with Crippen molar-refractivity contribution in [3.8, 4) is 0 Å². The summed E-state index contributed by atoms with van der Waals surface area (Å²) in [4.78, 5) is 2.51. The van der Waals surface area contributed by atoms with Gasteiger partial charge in [0, 0.05) is 31.2 Å². The zero-order chi connectivity index (χ0) is 18.8. The molecule has 5 nitrogen and oxygen atoms in total. The average molecular weight is 358 g/mol. The summed E-state index contributed by atoms with van der Waals surface area (Å²) in [6, 6.07) is 0.664. The van der Waals surface area contributed by atoms with Crippen molar-refractivity contribution in [1.29, 1.82) is 0 Å². The van der Waals surface area contributed by atoms with Gasteiger partial charge < -0.3 is 25.0 Å².